The van der Waals surface area contributed by atoms with E-state index in [0.29, 0.717) is 45.7 Å². The van der Waals surface area contributed by atoms with Crippen LogP contribution in [0.4, 0.5) is 16.0 Å². The third kappa shape index (κ3) is 4.88. The highest BCUT2D eigenvalue weighted by molar-refractivity contribution is 6.06. The van der Waals surface area contributed by atoms with Crippen LogP contribution >= 0.6 is 0 Å². The summed E-state index contributed by atoms with van der Waals surface area (Å²) in [6.45, 7) is 2.03. The maximum atomic E-state index is 13.8. The largest absolute Gasteiger partial charge is 0.497 e. The first-order valence-electron chi connectivity index (χ1n) is 11.9. The molecule has 1 aromatic heterocycles. The van der Waals surface area contributed by atoms with Crippen molar-refractivity contribution in [3.05, 3.63) is 101 Å². The topological polar surface area (TPSA) is 99.5 Å². The smallest absolute Gasteiger partial charge is 0.255 e. The number of benzene rings is 3. The minimum Gasteiger partial charge on any atom is -0.497 e. The van der Waals surface area contributed by atoms with Gasteiger partial charge in [-0.1, -0.05) is 30.3 Å². The fourth-order valence-electron chi connectivity index (χ4n) is 4.34. The molecule has 9 nitrogen and oxygen atoms in total. The van der Waals surface area contributed by atoms with Crippen LogP contribution in [0.3, 0.4) is 0 Å². The van der Waals surface area contributed by atoms with Crippen molar-refractivity contribution in [2.75, 3.05) is 24.9 Å². The molecule has 2 N–H and O–H groups in total. The van der Waals surface area contributed by atoms with Gasteiger partial charge in [0, 0.05) is 17.3 Å². The Morgan fingerprint density at radius 1 is 1.05 bits per heavy atom. The molecule has 0 aliphatic carbocycles. The standard InChI is InChI=1S/C28H26FN5O4/c1-17-25(27(35)33-22-13-12-20(36-2)14-24(22)37-3)26(34-28(32-17)30-16-31-34)21-6-4-5-7-23(21)38-15-18-8-10-19(29)11-9-18/h4-14,16,26H,15H2,1-3H3,(H,33,35)(H,30,31,32)/t26-/m0/s1. The van der Waals surface area contributed by atoms with Gasteiger partial charge in [-0.25, -0.2) is 9.07 Å². The van der Waals surface area contributed by atoms with Gasteiger partial charge in [0.25, 0.3) is 5.91 Å². The Bertz CT molecular complexity index is 1500. The summed E-state index contributed by atoms with van der Waals surface area (Å²) in [6.07, 6.45) is 1.43. The van der Waals surface area contributed by atoms with Crippen molar-refractivity contribution in [1.29, 1.82) is 0 Å². The lowest BCUT2D eigenvalue weighted by Gasteiger charge is -2.30. The second-order valence-corrected chi connectivity index (χ2v) is 8.57. The maximum Gasteiger partial charge on any atom is 0.255 e. The van der Waals surface area contributed by atoms with Gasteiger partial charge in [-0.2, -0.15) is 10.1 Å². The van der Waals surface area contributed by atoms with Gasteiger partial charge in [0.05, 0.1) is 25.5 Å². The van der Waals surface area contributed by atoms with Gasteiger partial charge in [0.15, 0.2) is 0 Å². The molecule has 194 valence electrons. The van der Waals surface area contributed by atoms with Crippen molar-refractivity contribution >= 4 is 17.5 Å². The summed E-state index contributed by atoms with van der Waals surface area (Å²) in [7, 11) is 3.08. The lowest BCUT2D eigenvalue weighted by molar-refractivity contribution is -0.113. The summed E-state index contributed by atoms with van der Waals surface area (Å²) < 4.78 is 31.9. The minimum atomic E-state index is -0.637. The van der Waals surface area contributed by atoms with Crippen molar-refractivity contribution in [3.8, 4) is 17.2 Å². The Hall–Kier alpha value is -4.86. The van der Waals surface area contributed by atoms with E-state index in [0.717, 1.165) is 5.56 Å². The van der Waals surface area contributed by atoms with E-state index in [1.807, 2.05) is 31.2 Å². The predicted molar refractivity (Wildman–Crippen MR) is 140 cm³/mol. The fraction of sp³-hybridized carbons (Fsp3) is 0.179. The third-order valence-electron chi connectivity index (χ3n) is 6.22. The van der Waals surface area contributed by atoms with E-state index in [9.17, 15) is 9.18 Å². The number of ether oxygens (including phenoxy) is 3. The summed E-state index contributed by atoms with van der Waals surface area (Å²) in [6, 6.07) is 18.1. The number of halogens is 1. The highest BCUT2D eigenvalue weighted by Crippen LogP contribution is 2.40. The summed E-state index contributed by atoms with van der Waals surface area (Å²) in [5, 5.41) is 10.5. The second kappa shape index (κ2) is 10.6. The monoisotopic (exact) mass is 515 g/mol. The summed E-state index contributed by atoms with van der Waals surface area (Å²) in [4.78, 5) is 18.1. The van der Waals surface area contributed by atoms with Gasteiger partial charge < -0.3 is 24.8 Å². The molecule has 4 aromatic rings. The number of hydrogen-bond acceptors (Lipinski definition) is 7. The Kier molecular flexibility index (Phi) is 6.94. The molecule has 1 atom stereocenters. The molecule has 3 aromatic carbocycles. The number of para-hydroxylation sites is 1. The summed E-state index contributed by atoms with van der Waals surface area (Å²) in [5.74, 6) is 1.46. The normalized spacial score (nSPS) is 14.4. The molecule has 10 heteroatoms. The van der Waals surface area contributed by atoms with Crippen molar-refractivity contribution in [2.24, 2.45) is 0 Å². The number of anilines is 2. The van der Waals surface area contributed by atoms with Crippen LogP contribution in [0.15, 0.2) is 84.3 Å². The first-order chi connectivity index (χ1) is 18.5. The molecule has 0 saturated carbocycles. The summed E-state index contributed by atoms with van der Waals surface area (Å²) >= 11 is 0. The first kappa shape index (κ1) is 24.8. The first-order valence-corrected chi connectivity index (χ1v) is 11.9. The van der Waals surface area contributed by atoms with Gasteiger partial charge in [-0.3, -0.25) is 4.79 Å². The highest BCUT2D eigenvalue weighted by Gasteiger charge is 2.35. The molecule has 1 aliphatic heterocycles. The zero-order valence-corrected chi connectivity index (χ0v) is 21.1. The molecule has 1 aliphatic rings. The highest BCUT2D eigenvalue weighted by atomic mass is 19.1. The number of amides is 1. The molecule has 38 heavy (non-hydrogen) atoms. The van der Waals surface area contributed by atoms with Crippen molar-refractivity contribution in [2.45, 2.75) is 19.6 Å². The molecule has 0 spiro atoms. The number of carbonyl (C=O) groups excluding carboxylic acids is 1. The average molecular weight is 516 g/mol. The SMILES string of the molecule is COc1ccc(NC(=O)C2=C(C)Nc3ncnn3[C@H]2c2ccccc2OCc2ccc(F)cc2)c(OC)c1. The van der Waals surface area contributed by atoms with Crippen LogP contribution < -0.4 is 24.8 Å². The zero-order chi connectivity index (χ0) is 26.6. The van der Waals surface area contributed by atoms with Crippen LogP contribution in [0.2, 0.25) is 0 Å². The molecule has 0 fully saturated rings. The van der Waals surface area contributed by atoms with Crippen LogP contribution in [0.25, 0.3) is 0 Å². The molecule has 0 bridgehead atoms. The molecule has 5 rings (SSSR count). The number of methoxy groups -OCH3 is 2. The molecule has 0 saturated heterocycles. The molecule has 2 heterocycles. The third-order valence-corrected chi connectivity index (χ3v) is 6.22. The number of rotatable bonds is 8. The lowest BCUT2D eigenvalue weighted by Crippen LogP contribution is -2.31. The van der Waals surface area contributed by atoms with Gasteiger partial charge in [-0.05, 0) is 42.8 Å². The van der Waals surface area contributed by atoms with E-state index in [-0.39, 0.29) is 18.3 Å². The predicted octanol–water partition coefficient (Wildman–Crippen LogP) is 4.94. The number of carbonyl (C=O) groups is 1. The Labute approximate surface area is 218 Å². The Morgan fingerprint density at radius 3 is 2.61 bits per heavy atom. The van der Waals surface area contributed by atoms with Crippen LogP contribution in [0, 0.1) is 5.82 Å². The van der Waals surface area contributed by atoms with Gasteiger partial charge in [-0.15, -0.1) is 0 Å². The Balaban J connectivity index is 1.51. The number of hydrogen-bond donors (Lipinski definition) is 2. The van der Waals surface area contributed by atoms with Crippen molar-refractivity contribution < 1.29 is 23.4 Å². The average Bonchev–Trinajstić information content (AvgIpc) is 3.40. The number of allylic oxidation sites excluding steroid dienone is 1. The van der Waals surface area contributed by atoms with Gasteiger partial charge >= 0.3 is 0 Å². The summed E-state index contributed by atoms with van der Waals surface area (Å²) in [5.41, 5.74) is 3.06. The molecule has 0 radical (unpaired) electrons. The van der Waals surface area contributed by atoms with Crippen LogP contribution in [0.1, 0.15) is 24.1 Å². The van der Waals surface area contributed by atoms with E-state index in [4.69, 9.17) is 14.2 Å². The quantitative estimate of drug-likeness (QED) is 0.343. The minimum absolute atomic E-state index is 0.222. The maximum absolute atomic E-state index is 13.8. The molecule has 0 unspecified atom stereocenters. The van der Waals surface area contributed by atoms with Gasteiger partial charge in [0.2, 0.25) is 5.95 Å². The number of fused-ring (bicyclic) bond motifs is 1. The number of aromatic nitrogens is 3. The van der Waals surface area contributed by atoms with E-state index >= 15 is 0 Å². The molecular weight excluding hydrogens is 489 g/mol. The van der Waals surface area contributed by atoms with Crippen molar-refractivity contribution in [3.63, 3.8) is 0 Å². The molecule has 1 amide bonds. The van der Waals surface area contributed by atoms with Crippen LogP contribution in [0.5, 0.6) is 17.2 Å². The van der Waals surface area contributed by atoms with Crippen LogP contribution in [-0.2, 0) is 11.4 Å². The number of nitrogens with one attached hydrogen (secondary N) is 2. The zero-order valence-electron chi connectivity index (χ0n) is 21.1. The van der Waals surface area contributed by atoms with Crippen molar-refractivity contribution in [1.82, 2.24) is 14.8 Å². The lowest BCUT2D eigenvalue weighted by atomic mass is 9.94. The van der Waals surface area contributed by atoms with E-state index in [2.05, 4.69) is 20.7 Å². The second-order valence-electron chi connectivity index (χ2n) is 8.57. The van der Waals surface area contributed by atoms with E-state index < -0.39 is 6.04 Å². The van der Waals surface area contributed by atoms with E-state index in [1.165, 1.54) is 25.6 Å². The fourth-order valence-corrected chi connectivity index (χ4v) is 4.34. The van der Waals surface area contributed by atoms with E-state index in [1.54, 1.807) is 42.1 Å². The molecular formula is C28H26FN5O4. The Morgan fingerprint density at radius 2 is 1.84 bits per heavy atom. The van der Waals surface area contributed by atoms with Gasteiger partial charge in [0.1, 0.15) is 42.0 Å². The number of nitrogens with zero attached hydrogens (tertiary/aromatic N) is 3. The van der Waals surface area contributed by atoms with Crippen LogP contribution in [-0.4, -0.2) is 34.9 Å².